The number of hydrogen-bond acceptors (Lipinski definition) is 5. The molecule has 0 amide bonds. The molecule has 4 rings (SSSR count). The smallest absolute Gasteiger partial charge is 0.161 e. The summed E-state index contributed by atoms with van der Waals surface area (Å²) in [7, 11) is 0. The van der Waals surface area contributed by atoms with Gasteiger partial charge in [-0.2, -0.15) is 5.10 Å². The van der Waals surface area contributed by atoms with Crippen molar-refractivity contribution in [1.29, 1.82) is 0 Å². The van der Waals surface area contributed by atoms with Crippen molar-refractivity contribution in [3.63, 3.8) is 0 Å². The number of rotatable bonds is 4. The summed E-state index contributed by atoms with van der Waals surface area (Å²) in [5, 5.41) is 14.3. The lowest BCUT2D eigenvalue weighted by Crippen LogP contribution is -2.02. The Kier molecular flexibility index (Phi) is 3.81. The fraction of sp³-hybridized carbons (Fsp3) is 0.0526. The van der Waals surface area contributed by atoms with E-state index < -0.39 is 0 Å². The first-order chi connectivity index (χ1) is 11.9. The van der Waals surface area contributed by atoms with Crippen LogP contribution >= 0.6 is 0 Å². The number of hydrogen-bond donors (Lipinski definition) is 1. The van der Waals surface area contributed by atoms with E-state index in [9.17, 15) is 0 Å². The van der Waals surface area contributed by atoms with E-state index in [4.69, 9.17) is 0 Å². The molecule has 0 saturated carbocycles. The third kappa shape index (κ3) is 2.92. The highest BCUT2D eigenvalue weighted by Crippen LogP contribution is 2.26. The van der Waals surface area contributed by atoms with Crippen LogP contribution in [0.25, 0.3) is 10.8 Å². The maximum atomic E-state index is 4.44. The van der Waals surface area contributed by atoms with Gasteiger partial charge in [0.25, 0.3) is 0 Å². The summed E-state index contributed by atoms with van der Waals surface area (Å²) < 4.78 is 0. The van der Waals surface area contributed by atoms with Gasteiger partial charge in [-0.05, 0) is 29.8 Å². The Morgan fingerprint density at radius 1 is 0.750 bits per heavy atom. The van der Waals surface area contributed by atoms with E-state index in [-0.39, 0.29) is 0 Å². The molecule has 0 radical (unpaired) electrons. The predicted octanol–water partition coefficient (Wildman–Crippen LogP) is 3.75. The molecule has 1 aromatic carbocycles. The number of fused-ring (bicyclic) bond motifs is 1. The zero-order valence-electron chi connectivity index (χ0n) is 12.9. The molecule has 5 heteroatoms. The van der Waals surface area contributed by atoms with E-state index in [1.54, 1.807) is 24.8 Å². The first-order valence-corrected chi connectivity index (χ1v) is 7.70. The highest BCUT2D eigenvalue weighted by molar-refractivity contribution is 5.94. The van der Waals surface area contributed by atoms with Gasteiger partial charge in [-0.25, -0.2) is 0 Å². The molecule has 5 nitrogen and oxygen atoms in total. The van der Waals surface area contributed by atoms with E-state index in [1.165, 1.54) is 0 Å². The second-order valence-electron chi connectivity index (χ2n) is 5.44. The van der Waals surface area contributed by atoms with Crippen molar-refractivity contribution < 1.29 is 0 Å². The number of pyridine rings is 2. The minimum Gasteiger partial charge on any atom is -0.337 e. The van der Waals surface area contributed by atoms with Crippen LogP contribution in [0.4, 0.5) is 11.5 Å². The van der Waals surface area contributed by atoms with Gasteiger partial charge in [-0.3, -0.25) is 9.97 Å². The predicted molar refractivity (Wildman–Crippen MR) is 94.1 cm³/mol. The van der Waals surface area contributed by atoms with E-state index in [0.29, 0.717) is 0 Å². The third-order valence-electron chi connectivity index (χ3n) is 3.81. The van der Waals surface area contributed by atoms with Crippen molar-refractivity contribution in [1.82, 2.24) is 20.2 Å². The fourth-order valence-electron chi connectivity index (χ4n) is 2.65. The number of nitrogens with zero attached hydrogens (tertiary/aromatic N) is 4. The van der Waals surface area contributed by atoms with Crippen molar-refractivity contribution in [3.05, 3.63) is 84.6 Å². The topological polar surface area (TPSA) is 63.6 Å². The van der Waals surface area contributed by atoms with Gasteiger partial charge >= 0.3 is 0 Å². The average Bonchev–Trinajstić information content (AvgIpc) is 2.65. The molecule has 0 saturated heterocycles. The standard InChI is InChI=1S/C19H15N5/c1-2-6-17-16(5-1)18(12-14-7-10-20-11-8-14)23-24-19(17)22-15-4-3-9-21-13-15/h1-11,13H,12H2,(H,22,24). The first kappa shape index (κ1) is 14.3. The van der Waals surface area contributed by atoms with Crippen LogP contribution in [0.5, 0.6) is 0 Å². The Labute approximate surface area is 139 Å². The van der Waals surface area contributed by atoms with Crippen LogP contribution < -0.4 is 5.32 Å². The molecule has 4 aromatic rings. The minimum atomic E-state index is 0.725. The van der Waals surface area contributed by atoms with Gasteiger partial charge < -0.3 is 5.32 Å². The van der Waals surface area contributed by atoms with Crippen LogP contribution in [-0.4, -0.2) is 20.2 Å². The fourth-order valence-corrected chi connectivity index (χ4v) is 2.65. The van der Waals surface area contributed by atoms with Gasteiger partial charge in [-0.15, -0.1) is 5.10 Å². The molecule has 0 aliphatic heterocycles. The molecule has 0 spiro atoms. The second kappa shape index (κ2) is 6.42. The molecular formula is C19H15N5. The second-order valence-corrected chi connectivity index (χ2v) is 5.44. The Balaban J connectivity index is 1.74. The molecule has 116 valence electrons. The summed E-state index contributed by atoms with van der Waals surface area (Å²) in [6.45, 7) is 0. The van der Waals surface area contributed by atoms with Crippen LogP contribution in [0.3, 0.4) is 0 Å². The highest BCUT2D eigenvalue weighted by atomic mass is 15.2. The molecule has 0 fully saturated rings. The quantitative estimate of drug-likeness (QED) is 0.621. The van der Waals surface area contributed by atoms with Crippen molar-refractivity contribution >= 4 is 22.3 Å². The summed E-state index contributed by atoms with van der Waals surface area (Å²) in [5.41, 5.74) is 3.00. The maximum absolute atomic E-state index is 4.44. The Bertz CT molecular complexity index is 875. The van der Waals surface area contributed by atoms with Crippen LogP contribution in [0.2, 0.25) is 0 Å². The van der Waals surface area contributed by atoms with Crippen LogP contribution in [0, 0.1) is 0 Å². The van der Waals surface area contributed by atoms with Crippen molar-refractivity contribution in [3.8, 4) is 0 Å². The lowest BCUT2D eigenvalue weighted by atomic mass is 10.1. The summed E-state index contributed by atoms with van der Waals surface area (Å²) in [5.74, 6) is 0.733. The summed E-state index contributed by atoms with van der Waals surface area (Å²) >= 11 is 0. The van der Waals surface area contributed by atoms with Crippen molar-refractivity contribution in [2.45, 2.75) is 6.42 Å². The monoisotopic (exact) mass is 313 g/mol. The van der Waals surface area contributed by atoms with E-state index in [0.717, 1.165) is 40.0 Å². The Morgan fingerprint density at radius 3 is 2.38 bits per heavy atom. The van der Waals surface area contributed by atoms with Gasteiger partial charge in [0.1, 0.15) is 0 Å². The normalized spacial score (nSPS) is 10.7. The van der Waals surface area contributed by atoms with E-state index >= 15 is 0 Å². The lowest BCUT2D eigenvalue weighted by molar-refractivity contribution is 0.960. The summed E-state index contributed by atoms with van der Waals surface area (Å²) in [4.78, 5) is 8.18. The molecule has 3 heterocycles. The van der Waals surface area contributed by atoms with Crippen LogP contribution in [0.15, 0.2) is 73.3 Å². The zero-order chi connectivity index (χ0) is 16.2. The molecule has 0 aliphatic rings. The third-order valence-corrected chi connectivity index (χ3v) is 3.81. The van der Waals surface area contributed by atoms with Crippen LogP contribution in [0.1, 0.15) is 11.3 Å². The average molecular weight is 313 g/mol. The number of nitrogens with one attached hydrogen (secondary N) is 1. The first-order valence-electron chi connectivity index (χ1n) is 7.70. The van der Waals surface area contributed by atoms with Gasteiger partial charge in [0.2, 0.25) is 0 Å². The summed E-state index contributed by atoms with van der Waals surface area (Å²) in [6, 6.07) is 16.0. The molecule has 0 atom stereocenters. The van der Waals surface area contributed by atoms with Crippen molar-refractivity contribution in [2.75, 3.05) is 5.32 Å². The van der Waals surface area contributed by atoms with E-state index in [2.05, 4.69) is 37.6 Å². The lowest BCUT2D eigenvalue weighted by Gasteiger charge is -2.11. The Hall–Kier alpha value is -3.34. The van der Waals surface area contributed by atoms with Gasteiger partial charge in [0.15, 0.2) is 5.82 Å². The van der Waals surface area contributed by atoms with Crippen LogP contribution in [-0.2, 0) is 6.42 Å². The van der Waals surface area contributed by atoms with Crippen molar-refractivity contribution in [2.24, 2.45) is 0 Å². The van der Waals surface area contributed by atoms with Gasteiger partial charge in [0.05, 0.1) is 17.6 Å². The van der Waals surface area contributed by atoms with E-state index in [1.807, 2.05) is 36.4 Å². The zero-order valence-corrected chi connectivity index (χ0v) is 12.9. The number of anilines is 2. The highest BCUT2D eigenvalue weighted by Gasteiger charge is 2.10. The molecule has 0 bridgehead atoms. The molecular weight excluding hydrogens is 298 g/mol. The Morgan fingerprint density at radius 2 is 1.58 bits per heavy atom. The molecule has 1 N–H and O–H groups in total. The largest absolute Gasteiger partial charge is 0.337 e. The number of aromatic nitrogens is 4. The molecule has 24 heavy (non-hydrogen) atoms. The molecule has 0 unspecified atom stereocenters. The van der Waals surface area contributed by atoms with Gasteiger partial charge in [0, 0.05) is 35.8 Å². The van der Waals surface area contributed by atoms with Gasteiger partial charge in [-0.1, -0.05) is 24.3 Å². The minimum absolute atomic E-state index is 0.725. The molecule has 0 aliphatic carbocycles. The molecule has 3 aromatic heterocycles. The maximum Gasteiger partial charge on any atom is 0.161 e. The SMILES string of the molecule is c1cncc(Nc2nnc(Cc3ccncc3)c3ccccc23)c1. The summed E-state index contributed by atoms with van der Waals surface area (Å²) in [6.07, 6.45) is 7.82. The number of benzene rings is 1.